The second-order valence-electron chi connectivity index (χ2n) is 4.70. The zero-order chi connectivity index (χ0) is 11.7. The van der Waals surface area contributed by atoms with Crippen molar-refractivity contribution in [2.45, 2.75) is 59.3 Å². The molecule has 2 heteroatoms. The van der Waals surface area contributed by atoms with Gasteiger partial charge in [0.1, 0.15) is 0 Å². The molecule has 0 heterocycles. The van der Waals surface area contributed by atoms with E-state index in [0.717, 1.165) is 17.8 Å². The molecule has 0 aromatic carbocycles. The van der Waals surface area contributed by atoms with Gasteiger partial charge in [-0.15, -0.1) is 0 Å². The van der Waals surface area contributed by atoms with E-state index >= 15 is 0 Å². The van der Waals surface area contributed by atoms with Crippen LogP contribution in [-0.2, 0) is 4.79 Å². The van der Waals surface area contributed by atoms with Crippen LogP contribution in [-0.4, -0.2) is 11.6 Å². The smallest absolute Gasteiger partial charge is 0.290 e. The molecule has 0 spiro atoms. The lowest BCUT2D eigenvalue weighted by Gasteiger charge is -2.31. The predicted molar refractivity (Wildman–Crippen MR) is 63.9 cm³/mol. The molecule has 1 saturated carbocycles. The zero-order valence-corrected chi connectivity index (χ0v) is 10.4. The minimum absolute atomic E-state index is 0.250. The average Bonchev–Trinajstić information content (AvgIpc) is 2.24. The lowest BCUT2D eigenvalue weighted by molar-refractivity contribution is -0.122. The molecule has 1 aliphatic carbocycles. The van der Waals surface area contributed by atoms with Gasteiger partial charge in [-0.2, -0.15) is 0 Å². The zero-order valence-electron chi connectivity index (χ0n) is 10.4. The molecule has 90 valence electrons. The molecule has 0 aromatic heterocycles. The van der Waals surface area contributed by atoms with Crippen LogP contribution >= 0.6 is 0 Å². The quantitative estimate of drug-likeness (QED) is 0.722. The molecule has 1 N–H and O–H groups in total. The summed E-state index contributed by atoms with van der Waals surface area (Å²) in [4.78, 5) is 8.36. The van der Waals surface area contributed by atoms with Gasteiger partial charge < -0.3 is 5.11 Å². The van der Waals surface area contributed by atoms with Crippen molar-refractivity contribution in [3.63, 3.8) is 0 Å². The van der Waals surface area contributed by atoms with Crippen LogP contribution in [0.1, 0.15) is 59.3 Å². The molecule has 0 saturated heterocycles. The molecule has 1 rings (SSSR count). The van der Waals surface area contributed by atoms with Crippen LogP contribution in [0.3, 0.4) is 0 Å². The fourth-order valence-corrected chi connectivity index (χ4v) is 2.71. The van der Waals surface area contributed by atoms with Crippen molar-refractivity contribution < 1.29 is 9.90 Å². The summed E-state index contributed by atoms with van der Waals surface area (Å²) in [5.41, 5.74) is 0. The fraction of sp³-hybridized carbons (Fsp3) is 0.923. The first-order chi connectivity index (χ1) is 7.19. The van der Waals surface area contributed by atoms with Crippen LogP contribution in [0, 0.1) is 17.8 Å². The highest BCUT2D eigenvalue weighted by Crippen LogP contribution is 2.35. The Hall–Kier alpha value is -0.530. The molecule has 0 aliphatic heterocycles. The van der Waals surface area contributed by atoms with Gasteiger partial charge in [0, 0.05) is 0 Å². The maximum Gasteiger partial charge on any atom is 0.290 e. The molecule has 2 nitrogen and oxygen atoms in total. The third-order valence-electron chi connectivity index (χ3n) is 3.78. The third-order valence-corrected chi connectivity index (χ3v) is 3.78. The summed E-state index contributed by atoms with van der Waals surface area (Å²) in [7, 11) is 0. The summed E-state index contributed by atoms with van der Waals surface area (Å²) in [6.45, 7) is 6.86. The van der Waals surface area contributed by atoms with E-state index in [9.17, 15) is 0 Å². The fourth-order valence-electron chi connectivity index (χ4n) is 2.71. The Morgan fingerprint density at radius 2 is 1.60 bits per heavy atom. The Bertz CT molecular complexity index is 145. The van der Waals surface area contributed by atoms with Crippen LogP contribution < -0.4 is 0 Å². The highest BCUT2D eigenvalue weighted by atomic mass is 16.3. The van der Waals surface area contributed by atoms with Crippen molar-refractivity contribution >= 4 is 6.47 Å². The van der Waals surface area contributed by atoms with Gasteiger partial charge in [0.2, 0.25) is 0 Å². The molecule has 1 fully saturated rings. The molecule has 0 atom stereocenters. The first-order valence-corrected chi connectivity index (χ1v) is 6.27. The van der Waals surface area contributed by atoms with Crippen LogP contribution in [0.4, 0.5) is 0 Å². The van der Waals surface area contributed by atoms with E-state index < -0.39 is 0 Å². The Balaban J connectivity index is 0.000000583. The topological polar surface area (TPSA) is 37.3 Å². The van der Waals surface area contributed by atoms with Crippen molar-refractivity contribution in [2.75, 3.05) is 0 Å². The number of carboxylic acid groups (broad SMARTS) is 1. The number of hydrogen-bond acceptors (Lipinski definition) is 1. The van der Waals surface area contributed by atoms with Crippen LogP contribution in [0.25, 0.3) is 0 Å². The van der Waals surface area contributed by atoms with Crippen molar-refractivity contribution in [1.29, 1.82) is 0 Å². The summed E-state index contributed by atoms with van der Waals surface area (Å²) in [5, 5.41) is 6.89. The average molecular weight is 214 g/mol. The Morgan fingerprint density at radius 1 is 1.20 bits per heavy atom. The summed E-state index contributed by atoms with van der Waals surface area (Å²) in [6, 6.07) is 0. The van der Waals surface area contributed by atoms with Gasteiger partial charge >= 0.3 is 0 Å². The van der Waals surface area contributed by atoms with E-state index in [1.54, 1.807) is 0 Å². The molecular formula is C13H26O2. The summed E-state index contributed by atoms with van der Waals surface area (Å²) in [6.07, 6.45) is 8.79. The van der Waals surface area contributed by atoms with Crippen LogP contribution in [0.15, 0.2) is 0 Å². The molecule has 15 heavy (non-hydrogen) atoms. The molecule has 0 radical (unpaired) electrons. The van der Waals surface area contributed by atoms with Crippen LogP contribution in [0.2, 0.25) is 0 Å². The van der Waals surface area contributed by atoms with Gasteiger partial charge in [-0.05, 0) is 30.6 Å². The van der Waals surface area contributed by atoms with Gasteiger partial charge in [0.15, 0.2) is 0 Å². The van der Waals surface area contributed by atoms with E-state index in [0.29, 0.717) is 0 Å². The minimum atomic E-state index is -0.250. The van der Waals surface area contributed by atoms with E-state index in [1.807, 2.05) is 0 Å². The normalized spacial score (nSPS) is 25.6. The van der Waals surface area contributed by atoms with Gasteiger partial charge in [0.25, 0.3) is 6.47 Å². The molecule has 1 aliphatic rings. The first kappa shape index (κ1) is 14.5. The van der Waals surface area contributed by atoms with E-state index in [-0.39, 0.29) is 6.47 Å². The molecule has 0 amide bonds. The van der Waals surface area contributed by atoms with Crippen molar-refractivity contribution in [1.82, 2.24) is 0 Å². The maximum atomic E-state index is 8.36. The molecule has 0 bridgehead atoms. The van der Waals surface area contributed by atoms with E-state index in [4.69, 9.17) is 9.90 Å². The minimum Gasteiger partial charge on any atom is -0.483 e. The van der Waals surface area contributed by atoms with Crippen molar-refractivity contribution in [2.24, 2.45) is 17.8 Å². The second-order valence-corrected chi connectivity index (χ2v) is 4.70. The van der Waals surface area contributed by atoms with Gasteiger partial charge in [-0.25, -0.2) is 0 Å². The molecular weight excluding hydrogens is 188 g/mol. The predicted octanol–water partition coefficient (Wildman–Crippen LogP) is 3.95. The Labute approximate surface area is 94.1 Å². The summed E-state index contributed by atoms with van der Waals surface area (Å²) in [5.74, 6) is 3.10. The monoisotopic (exact) mass is 214 g/mol. The molecule has 0 unspecified atom stereocenters. The summed E-state index contributed by atoms with van der Waals surface area (Å²) >= 11 is 0. The van der Waals surface area contributed by atoms with Gasteiger partial charge in [-0.3, -0.25) is 4.79 Å². The highest BCUT2D eigenvalue weighted by molar-refractivity contribution is 5.32. The third kappa shape index (κ3) is 5.81. The highest BCUT2D eigenvalue weighted by Gasteiger charge is 2.23. The second kappa shape index (κ2) is 8.75. The first-order valence-electron chi connectivity index (χ1n) is 6.27. The van der Waals surface area contributed by atoms with Crippen molar-refractivity contribution in [3.05, 3.63) is 0 Å². The van der Waals surface area contributed by atoms with Gasteiger partial charge in [-0.1, -0.05) is 46.5 Å². The van der Waals surface area contributed by atoms with E-state index in [2.05, 4.69) is 20.8 Å². The van der Waals surface area contributed by atoms with Crippen molar-refractivity contribution in [3.8, 4) is 0 Å². The van der Waals surface area contributed by atoms with Crippen LogP contribution in [0.5, 0.6) is 0 Å². The largest absolute Gasteiger partial charge is 0.483 e. The number of rotatable bonds is 3. The lowest BCUT2D eigenvalue weighted by atomic mass is 9.74. The number of carbonyl (C=O) groups is 1. The summed E-state index contributed by atoms with van der Waals surface area (Å²) < 4.78 is 0. The molecule has 0 aromatic rings. The van der Waals surface area contributed by atoms with Gasteiger partial charge in [0.05, 0.1) is 0 Å². The Kier molecular flexibility index (Phi) is 8.44. The standard InChI is InChI=1S/C12H24.CH2O2/c1-4-11(5-2)12-8-6-10(3)7-9-12;2-1-3/h10-12H,4-9H2,1-3H3;1H,(H,2,3). The van der Waals surface area contributed by atoms with E-state index in [1.165, 1.54) is 38.5 Å². The number of hydrogen-bond donors (Lipinski definition) is 1. The Morgan fingerprint density at radius 3 is 1.93 bits per heavy atom. The maximum absolute atomic E-state index is 8.36. The SMILES string of the molecule is CCC(CC)C1CCC(C)CC1.O=CO. The lowest BCUT2D eigenvalue weighted by Crippen LogP contribution is -2.19.